The van der Waals surface area contributed by atoms with E-state index in [-0.39, 0.29) is 11.9 Å². The third kappa shape index (κ3) is 3.28. The lowest BCUT2D eigenvalue weighted by Crippen LogP contribution is -2.24. The number of hydrogen-bond acceptors (Lipinski definition) is 1. The molecule has 21 heavy (non-hydrogen) atoms. The highest BCUT2D eigenvalue weighted by Crippen LogP contribution is 2.31. The van der Waals surface area contributed by atoms with E-state index in [0.717, 1.165) is 28.3 Å². The average molecular weight is 306 g/mol. The normalized spacial score (nSPS) is 12.5. The highest BCUT2D eigenvalue weighted by molar-refractivity contribution is 6.31. The zero-order valence-electron chi connectivity index (χ0n) is 12.9. The van der Waals surface area contributed by atoms with Crippen LogP contribution >= 0.6 is 11.6 Å². The molecule has 0 saturated carbocycles. The number of aryl methyl sites for hydroxylation is 3. The lowest BCUT2D eigenvalue weighted by Gasteiger charge is -2.23. The van der Waals surface area contributed by atoms with Gasteiger partial charge in [-0.25, -0.2) is 4.39 Å². The second-order valence-electron chi connectivity index (χ2n) is 5.43. The fraction of sp³-hybridized carbons (Fsp3) is 0.333. The highest BCUT2D eigenvalue weighted by Gasteiger charge is 2.20. The van der Waals surface area contributed by atoms with Crippen LogP contribution in [0.4, 0.5) is 4.39 Å². The molecule has 0 aliphatic heterocycles. The standard InChI is InChI=1S/C18H21ClFN/c1-5-21-18(14-8-6-7-11(2)17(14)20)15-9-13(4)16(19)10-12(15)3/h6-10,18,21H,5H2,1-4H3. The molecule has 1 unspecified atom stereocenters. The molecule has 3 heteroatoms. The molecule has 2 aromatic rings. The van der Waals surface area contributed by atoms with Crippen LogP contribution in [0.1, 0.15) is 40.8 Å². The summed E-state index contributed by atoms with van der Waals surface area (Å²) >= 11 is 6.18. The zero-order valence-corrected chi connectivity index (χ0v) is 13.7. The number of halogens is 2. The second kappa shape index (κ2) is 6.59. The molecule has 0 spiro atoms. The first kappa shape index (κ1) is 16.0. The van der Waals surface area contributed by atoms with Crippen LogP contribution in [0.5, 0.6) is 0 Å². The summed E-state index contributed by atoms with van der Waals surface area (Å²) in [5, 5.41) is 4.13. The van der Waals surface area contributed by atoms with Gasteiger partial charge in [-0.2, -0.15) is 0 Å². The van der Waals surface area contributed by atoms with Gasteiger partial charge in [0.25, 0.3) is 0 Å². The molecule has 0 aliphatic rings. The van der Waals surface area contributed by atoms with Crippen molar-refractivity contribution in [2.24, 2.45) is 0 Å². The van der Waals surface area contributed by atoms with E-state index in [4.69, 9.17) is 11.6 Å². The van der Waals surface area contributed by atoms with Crippen molar-refractivity contribution in [1.29, 1.82) is 0 Å². The number of hydrogen-bond donors (Lipinski definition) is 1. The van der Waals surface area contributed by atoms with Crippen LogP contribution in [-0.4, -0.2) is 6.54 Å². The number of rotatable bonds is 4. The Balaban J connectivity index is 2.59. The average Bonchev–Trinajstić information content (AvgIpc) is 2.44. The van der Waals surface area contributed by atoms with Crippen molar-refractivity contribution in [1.82, 2.24) is 5.32 Å². The molecule has 2 rings (SSSR count). The van der Waals surface area contributed by atoms with Gasteiger partial charge in [0.1, 0.15) is 5.82 Å². The molecule has 0 aliphatic carbocycles. The monoisotopic (exact) mass is 305 g/mol. The van der Waals surface area contributed by atoms with E-state index in [2.05, 4.69) is 5.32 Å². The Bertz CT molecular complexity index is 652. The van der Waals surface area contributed by atoms with Gasteiger partial charge in [-0.15, -0.1) is 0 Å². The predicted molar refractivity (Wildman–Crippen MR) is 87.6 cm³/mol. The number of nitrogens with one attached hydrogen (secondary N) is 1. The van der Waals surface area contributed by atoms with Crippen molar-refractivity contribution in [3.8, 4) is 0 Å². The maximum Gasteiger partial charge on any atom is 0.131 e. The Labute approximate surface area is 131 Å². The maximum absolute atomic E-state index is 14.5. The van der Waals surface area contributed by atoms with E-state index < -0.39 is 0 Å². The summed E-state index contributed by atoms with van der Waals surface area (Å²) in [6.07, 6.45) is 0. The molecule has 0 aromatic heterocycles. The molecule has 0 heterocycles. The summed E-state index contributed by atoms with van der Waals surface area (Å²) in [7, 11) is 0. The summed E-state index contributed by atoms with van der Waals surface area (Å²) in [4.78, 5) is 0. The van der Waals surface area contributed by atoms with E-state index >= 15 is 0 Å². The lowest BCUT2D eigenvalue weighted by molar-refractivity contribution is 0.552. The van der Waals surface area contributed by atoms with Gasteiger partial charge in [0, 0.05) is 10.6 Å². The van der Waals surface area contributed by atoms with Crippen LogP contribution in [0.2, 0.25) is 5.02 Å². The molecule has 0 amide bonds. The van der Waals surface area contributed by atoms with Crippen molar-refractivity contribution in [2.75, 3.05) is 6.54 Å². The van der Waals surface area contributed by atoms with E-state index in [0.29, 0.717) is 11.1 Å². The Morgan fingerprint density at radius 2 is 1.76 bits per heavy atom. The second-order valence-corrected chi connectivity index (χ2v) is 5.83. The summed E-state index contributed by atoms with van der Waals surface area (Å²) in [6, 6.07) is 9.37. The van der Waals surface area contributed by atoms with Gasteiger partial charge in [-0.05, 0) is 55.6 Å². The van der Waals surface area contributed by atoms with Crippen LogP contribution in [-0.2, 0) is 0 Å². The molecule has 112 valence electrons. The van der Waals surface area contributed by atoms with Gasteiger partial charge in [-0.3, -0.25) is 0 Å². The van der Waals surface area contributed by atoms with E-state index in [1.54, 1.807) is 13.0 Å². The predicted octanol–water partition coefficient (Wildman–Crippen LogP) is 5.10. The molecule has 0 radical (unpaired) electrons. The lowest BCUT2D eigenvalue weighted by atomic mass is 9.92. The minimum Gasteiger partial charge on any atom is -0.306 e. The van der Waals surface area contributed by atoms with Crippen LogP contribution in [0.15, 0.2) is 30.3 Å². The summed E-state index contributed by atoms with van der Waals surface area (Å²) in [5.74, 6) is -0.143. The minimum atomic E-state index is -0.161. The smallest absolute Gasteiger partial charge is 0.131 e. The zero-order chi connectivity index (χ0) is 15.6. The van der Waals surface area contributed by atoms with Gasteiger partial charge in [-0.1, -0.05) is 42.8 Å². The molecule has 1 atom stereocenters. The van der Waals surface area contributed by atoms with Gasteiger partial charge >= 0.3 is 0 Å². The quantitative estimate of drug-likeness (QED) is 0.828. The largest absolute Gasteiger partial charge is 0.306 e. The summed E-state index contributed by atoms with van der Waals surface area (Å²) in [6.45, 7) is 8.57. The van der Waals surface area contributed by atoms with Crippen LogP contribution in [0, 0.1) is 26.6 Å². The fourth-order valence-corrected chi connectivity index (χ4v) is 2.82. The molecule has 2 aromatic carbocycles. The summed E-state index contributed by atoms with van der Waals surface area (Å²) < 4.78 is 14.5. The molecule has 1 N–H and O–H groups in total. The first-order valence-corrected chi connectivity index (χ1v) is 7.58. The van der Waals surface area contributed by atoms with E-state index in [1.165, 1.54) is 0 Å². The van der Waals surface area contributed by atoms with Crippen LogP contribution in [0.3, 0.4) is 0 Å². The van der Waals surface area contributed by atoms with Gasteiger partial charge in [0.05, 0.1) is 6.04 Å². The van der Waals surface area contributed by atoms with E-state index in [1.807, 2.05) is 45.0 Å². The molecular weight excluding hydrogens is 285 g/mol. The first-order chi connectivity index (χ1) is 9.95. The minimum absolute atomic E-state index is 0.143. The SMILES string of the molecule is CCNC(c1cc(C)c(Cl)cc1C)c1cccc(C)c1F. The van der Waals surface area contributed by atoms with Gasteiger partial charge in [0.15, 0.2) is 0 Å². The molecule has 0 saturated heterocycles. The maximum atomic E-state index is 14.5. The highest BCUT2D eigenvalue weighted by atomic mass is 35.5. The first-order valence-electron chi connectivity index (χ1n) is 7.20. The van der Waals surface area contributed by atoms with Crippen LogP contribution < -0.4 is 5.32 Å². The van der Waals surface area contributed by atoms with Crippen molar-refractivity contribution in [3.63, 3.8) is 0 Å². The van der Waals surface area contributed by atoms with E-state index in [9.17, 15) is 4.39 Å². The summed E-state index contributed by atoms with van der Waals surface area (Å²) in [5.41, 5.74) is 4.49. The van der Waals surface area contributed by atoms with Gasteiger partial charge < -0.3 is 5.32 Å². The molecule has 1 nitrogen and oxygen atoms in total. The van der Waals surface area contributed by atoms with Crippen LogP contribution in [0.25, 0.3) is 0 Å². The molecular formula is C18H21ClFN. The third-order valence-electron chi connectivity index (χ3n) is 3.80. The molecule has 0 bridgehead atoms. The number of benzene rings is 2. The van der Waals surface area contributed by atoms with Crippen molar-refractivity contribution in [3.05, 3.63) is 69.0 Å². The van der Waals surface area contributed by atoms with Gasteiger partial charge in [0.2, 0.25) is 0 Å². The van der Waals surface area contributed by atoms with Crippen molar-refractivity contribution >= 4 is 11.6 Å². The fourth-order valence-electron chi connectivity index (χ4n) is 2.60. The molecule has 0 fully saturated rings. The Kier molecular flexibility index (Phi) is 5.02. The Morgan fingerprint density at radius 3 is 2.43 bits per heavy atom. The van der Waals surface area contributed by atoms with Crippen molar-refractivity contribution < 1.29 is 4.39 Å². The third-order valence-corrected chi connectivity index (χ3v) is 4.21. The van der Waals surface area contributed by atoms with Crippen molar-refractivity contribution in [2.45, 2.75) is 33.7 Å². The topological polar surface area (TPSA) is 12.0 Å². The Hall–Kier alpha value is -1.38. The Morgan fingerprint density at radius 1 is 1.05 bits per heavy atom.